The van der Waals surface area contributed by atoms with Gasteiger partial charge in [-0.05, 0) is 54.8 Å². The highest BCUT2D eigenvalue weighted by molar-refractivity contribution is 7.89. The Morgan fingerprint density at radius 3 is 2.49 bits per heavy atom. The molecule has 0 amide bonds. The van der Waals surface area contributed by atoms with Crippen molar-refractivity contribution in [3.8, 4) is 17.6 Å². The summed E-state index contributed by atoms with van der Waals surface area (Å²) in [6.07, 6.45) is -1.64. The number of sulfonamides is 1. The van der Waals surface area contributed by atoms with Gasteiger partial charge in [-0.25, -0.2) is 13.6 Å². The number of benzene rings is 2. The predicted molar refractivity (Wildman–Crippen MR) is 163 cm³/mol. The first kappa shape index (κ1) is 33.2. The lowest BCUT2D eigenvalue weighted by Crippen LogP contribution is -2.46. The molecule has 0 atom stereocenters. The highest BCUT2D eigenvalue weighted by atomic mass is 32.2. The lowest BCUT2D eigenvalue weighted by Gasteiger charge is -2.39. The number of hydrogen-bond acceptors (Lipinski definition) is 8. The smallest absolute Gasteiger partial charge is 0.393 e. The summed E-state index contributed by atoms with van der Waals surface area (Å²) >= 11 is 1.18. The second kappa shape index (κ2) is 14.1. The molecule has 2 aromatic carbocycles. The summed E-state index contributed by atoms with van der Waals surface area (Å²) in [5.74, 6) is 5.12. The Morgan fingerprint density at radius 2 is 1.82 bits per heavy atom. The molecule has 1 saturated carbocycles. The number of nitrogens with zero attached hydrogens (tertiary/aromatic N) is 1. The van der Waals surface area contributed by atoms with Crippen LogP contribution in [0.1, 0.15) is 36.1 Å². The van der Waals surface area contributed by atoms with Gasteiger partial charge in [0.05, 0.1) is 52.0 Å². The number of nitrogens with two attached hydrogens (primary N) is 1. The van der Waals surface area contributed by atoms with Crippen molar-refractivity contribution in [2.24, 2.45) is 5.14 Å². The van der Waals surface area contributed by atoms with Gasteiger partial charge in [-0.2, -0.15) is 22.0 Å². The molecule has 1 aliphatic heterocycles. The standard InChI is InChI=1S/C30H33F5N4O4S2/c31-29(32)43-26-17-21(45(36,40)41)10-11-24(26)37-12-2-5-27-23(18-30(33,34)35)22-3-1-4-25(28(22)44-27)38-19-6-8-20(9-7-19)39-13-15-42-16-14-39/h1,3-4,10-11,17,19-20,29,37-38H,6-9,12-16,18H2,(H2,36,40,41). The molecule has 0 radical (unpaired) electrons. The molecule has 2 aliphatic rings. The number of alkyl halides is 5. The second-order valence-electron chi connectivity index (χ2n) is 10.9. The maximum absolute atomic E-state index is 13.7. The van der Waals surface area contributed by atoms with Crippen molar-refractivity contribution >= 4 is 42.8 Å². The van der Waals surface area contributed by atoms with Gasteiger partial charge in [-0.3, -0.25) is 4.90 Å². The molecule has 1 saturated heterocycles. The van der Waals surface area contributed by atoms with E-state index < -0.39 is 39.9 Å². The summed E-state index contributed by atoms with van der Waals surface area (Å²) in [5, 5.41) is 11.9. The fourth-order valence-corrected chi connectivity index (χ4v) is 7.49. The summed E-state index contributed by atoms with van der Waals surface area (Å²) in [6.45, 7) is -0.00253. The summed E-state index contributed by atoms with van der Waals surface area (Å²) in [6, 6.07) is 9.16. The molecule has 3 aromatic rings. The van der Waals surface area contributed by atoms with Crippen LogP contribution in [-0.4, -0.2) is 71.0 Å². The van der Waals surface area contributed by atoms with Gasteiger partial charge >= 0.3 is 12.8 Å². The fourth-order valence-electron chi connectivity index (χ4n) is 5.79. The molecule has 244 valence electrons. The van der Waals surface area contributed by atoms with E-state index >= 15 is 0 Å². The Labute approximate surface area is 262 Å². The van der Waals surface area contributed by atoms with E-state index in [1.807, 2.05) is 6.07 Å². The van der Waals surface area contributed by atoms with Crippen LogP contribution < -0.4 is 20.5 Å². The largest absolute Gasteiger partial charge is 0.433 e. The number of anilines is 2. The number of rotatable bonds is 9. The van der Waals surface area contributed by atoms with Crippen molar-refractivity contribution in [2.45, 2.75) is 61.9 Å². The van der Waals surface area contributed by atoms with Crippen LogP contribution in [0.5, 0.6) is 5.75 Å². The first-order valence-electron chi connectivity index (χ1n) is 14.4. The Hall–Kier alpha value is -3.16. The third kappa shape index (κ3) is 8.76. The Balaban J connectivity index is 1.34. The summed E-state index contributed by atoms with van der Waals surface area (Å²) in [7, 11) is -4.17. The highest BCUT2D eigenvalue weighted by Gasteiger charge is 2.32. The van der Waals surface area contributed by atoms with E-state index in [2.05, 4.69) is 32.1 Å². The third-order valence-electron chi connectivity index (χ3n) is 7.88. The van der Waals surface area contributed by atoms with Gasteiger partial charge in [-0.15, -0.1) is 11.3 Å². The molecule has 2 heterocycles. The summed E-state index contributed by atoms with van der Waals surface area (Å²) in [4.78, 5) is 2.31. The maximum atomic E-state index is 13.7. The van der Waals surface area contributed by atoms with Crippen molar-refractivity contribution in [1.82, 2.24) is 4.90 Å². The monoisotopic (exact) mass is 672 g/mol. The molecule has 0 spiro atoms. The third-order valence-corrected chi connectivity index (χ3v) is 9.99. The molecule has 0 unspecified atom stereocenters. The zero-order valence-corrected chi connectivity index (χ0v) is 25.8. The zero-order chi connectivity index (χ0) is 32.2. The van der Waals surface area contributed by atoms with Crippen molar-refractivity contribution < 1.29 is 39.8 Å². The Morgan fingerprint density at radius 1 is 1.09 bits per heavy atom. The number of nitrogens with one attached hydrogen (secondary N) is 2. The minimum absolute atomic E-state index is 0.0127. The number of fused-ring (bicyclic) bond motifs is 1. The summed E-state index contributed by atoms with van der Waals surface area (Å²) in [5.41, 5.74) is 0.859. The topological polar surface area (TPSA) is 106 Å². The molecule has 15 heteroatoms. The van der Waals surface area contributed by atoms with Gasteiger partial charge in [-0.1, -0.05) is 24.0 Å². The average molecular weight is 673 g/mol. The molecule has 45 heavy (non-hydrogen) atoms. The zero-order valence-electron chi connectivity index (χ0n) is 24.1. The molecule has 0 bridgehead atoms. The van der Waals surface area contributed by atoms with Crippen LogP contribution in [-0.2, 0) is 21.2 Å². The average Bonchev–Trinajstić information content (AvgIpc) is 3.32. The van der Waals surface area contributed by atoms with Crippen molar-refractivity contribution in [3.05, 3.63) is 46.8 Å². The van der Waals surface area contributed by atoms with Crippen molar-refractivity contribution in [3.63, 3.8) is 0 Å². The fraction of sp³-hybridized carbons (Fsp3) is 0.467. The molecule has 2 fully saturated rings. The number of hydrogen-bond donors (Lipinski definition) is 3. The lowest BCUT2D eigenvalue weighted by atomic mass is 9.89. The Kier molecular flexibility index (Phi) is 10.4. The van der Waals surface area contributed by atoms with Crippen LogP contribution in [0.2, 0.25) is 0 Å². The number of morpholine rings is 1. The van der Waals surface area contributed by atoms with Crippen LogP contribution >= 0.6 is 11.3 Å². The molecular weight excluding hydrogens is 639 g/mol. The van der Waals surface area contributed by atoms with Gasteiger partial charge in [0.15, 0.2) is 5.75 Å². The van der Waals surface area contributed by atoms with Crippen molar-refractivity contribution in [1.29, 1.82) is 0 Å². The van der Waals surface area contributed by atoms with E-state index in [9.17, 15) is 30.4 Å². The molecule has 5 rings (SSSR count). The van der Waals surface area contributed by atoms with E-state index in [0.29, 0.717) is 16.1 Å². The summed E-state index contributed by atoms with van der Waals surface area (Å²) < 4.78 is 101. The normalized spacial score (nSPS) is 19.7. The van der Waals surface area contributed by atoms with Crippen LogP contribution in [0.4, 0.5) is 33.3 Å². The van der Waals surface area contributed by atoms with E-state index in [-0.39, 0.29) is 28.7 Å². The van der Waals surface area contributed by atoms with Crippen LogP contribution in [0, 0.1) is 11.8 Å². The van der Waals surface area contributed by atoms with E-state index in [4.69, 9.17) is 9.88 Å². The first-order valence-corrected chi connectivity index (χ1v) is 16.8. The SMILES string of the molecule is NS(=O)(=O)c1ccc(NCC#Cc2sc3c(NC4CCC(N5CCOCC5)CC4)cccc3c2CC(F)(F)F)c(OC(F)F)c1. The molecule has 1 aliphatic carbocycles. The highest BCUT2D eigenvalue weighted by Crippen LogP contribution is 2.40. The van der Waals surface area contributed by atoms with Gasteiger partial charge in [0.1, 0.15) is 0 Å². The van der Waals surface area contributed by atoms with Crippen LogP contribution in [0.3, 0.4) is 0 Å². The minimum Gasteiger partial charge on any atom is -0.433 e. The number of primary sulfonamides is 1. The molecular formula is C30H33F5N4O4S2. The predicted octanol–water partition coefficient (Wildman–Crippen LogP) is 5.77. The quantitative estimate of drug-likeness (QED) is 0.196. The number of thiophene rings is 1. The minimum atomic E-state index is -4.46. The van der Waals surface area contributed by atoms with Crippen molar-refractivity contribution in [2.75, 3.05) is 43.5 Å². The number of ether oxygens (including phenoxy) is 2. The van der Waals surface area contributed by atoms with Crippen LogP contribution in [0.25, 0.3) is 10.1 Å². The Bertz CT molecular complexity index is 1660. The van der Waals surface area contributed by atoms with Crippen LogP contribution in [0.15, 0.2) is 41.3 Å². The maximum Gasteiger partial charge on any atom is 0.393 e. The van der Waals surface area contributed by atoms with E-state index in [0.717, 1.165) is 69.8 Å². The van der Waals surface area contributed by atoms with Gasteiger partial charge in [0, 0.05) is 31.2 Å². The molecule has 1 aromatic heterocycles. The molecule has 4 N–H and O–H groups in total. The van der Waals surface area contributed by atoms with E-state index in [1.165, 1.54) is 17.4 Å². The van der Waals surface area contributed by atoms with E-state index in [1.54, 1.807) is 12.1 Å². The second-order valence-corrected chi connectivity index (χ2v) is 13.5. The van der Waals surface area contributed by atoms with Gasteiger partial charge in [0.2, 0.25) is 10.0 Å². The van der Waals surface area contributed by atoms with Gasteiger partial charge < -0.3 is 20.1 Å². The van der Waals surface area contributed by atoms with Gasteiger partial charge in [0.25, 0.3) is 0 Å². The molecule has 8 nitrogen and oxygen atoms in total. The number of halogens is 5. The lowest BCUT2D eigenvalue weighted by molar-refractivity contribution is -0.127. The first-order chi connectivity index (χ1) is 21.4.